The third-order valence-electron chi connectivity index (χ3n) is 4.68. The maximum Gasteiger partial charge on any atom is 0.180 e. The maximum absolute atomic E-state index is 10.4. The summed E-state index contributed by atoms with van der Waals surface area (Å²) in [5.41, 5.74) is 3.89. The normalized spacial score (nSPS) is 14.8. The highest BCUT2D eigenvalue weighted by atomic mass is 16.5. The molecule has 152 valence electrons. The summed E-state index contributed by atoms with van der Waals surface area (Å²) < 4.78 is 5.23. The average Bonchev–Trinajstić information content (AvgIpc) is 3.08. The summed E-state index contributed by atoms with van der Waals surface area (Å²) in [5, 5.41) is 13.6. The average molecular weight is 386 g/mol. The van der Waals surface area contributed by atoms with Gasteiger partial charge < -0.3 is 14.7 Å². The fourth-order valence-corrected chi connectivity index (χ4v) is 3.59. The van der Waals surface area contributed by atoms with Gasteiger partial charge in [0.1, 0.15) is 17.7 Å². The Bertz CT molecular complexity index is 819. The molecule has 0 amide bonds. The predicted octanol–water partition coefficient (Wildman–Crippen LogP) is 2.32. The van der Waals surface area contributed by atoms with Gasteiger partial charge in [0.15, 0.2) is 5.82 Å². The highest BCUT2D eigenvalue weighted by molar-refractivity contribution is 5.59. The van der Waals surface area contributed by atoms with Crippen molar-refractivity contribution in [1.82, 2.24) is 20.3 Å². The van der Waals surface area contributed by atoms with Crippen LogP contribution >= 0.6 is 0 Å². The van der Waals surface area contributed by atoms with Crippen LogP contribution in [0.4, 0.5) is 5.82 Å². The van der Waals surface area contributed by atoms with Crippen molar-refractivity contribution in [3.05, 3.63) is 35.2 Å². The molecule has 28 heavy (non-hydrogen) atoms. The topological polar surface area (TPSA) is 83.4 Å². The lowest BCUT2D eigenvalue weighted by molar-refractivity contribution is 0.112. The van der Waals surface area contributed by atoms with E-state index in [1.807, 2.05) is 44.9 Å². The van der Waals surface area contributed by atoms with Crippen molar-refractivity contribution in [2.75, 3.05) is 25.6 Å². The second-order valence-corrected chi connectivity index (χ2v) is 8.42. The summed E-state index contributed by atoms with van der Waals surface area (Å²) in [6.07, 6.45) is 4.11. The molecule has 0 fully saturated rings. The van der Waals surface area contributed by atoms with Crippen molar-refractivity contribution in [3.63, 3.8) is 0 Å². The first-order chi connectivity index (χ1) is 13.3. The summed E-state index contributed by atoms with van der Waals surface area (Å²) in [6, 6.07) is 3.90. The largest absolute Gasteiger partial charge is 0.380 e. The minimum Gasteiger partial charge on any atom is -0.380 e. The molecule has 2 heterocycles. The number of nitrogens with one attached hydrogen (secondary N) is 1. The molecular formula is C21H31N5O2. The Morgan fingerprint density at radius 2 is 2.07 bits per heavy atom. The lowest BCUT2D eigenvalue weighted by Gasteiger charge is -2.29. The molecule has 1 aliphatic carbocycles. The van der Waals surface area contributed by atoms with Crippen molar-refractivity contribution in [2.24, 2.45) is 0 Å². The molecule has 1 atom stereocenters. The number of fused-ring (bicyclic) bond motifs is 1. The number of aryl methyl sites for hydroxylation is 1. The number of aliphatic hydroxyl groups excluding tert-OH is 1. The zero-order chi connectivity index (χ0) is 20.3. The molecule has 7 heteroatoms. The first kappa shape index (κ1) is 20.6. The van der Waals surface area contributed by atoms with Gasteiger partial charge in [-0.15, -0.1) is 0 Å². The zero-order valence-electron chi connectivity index (χ0n) is 17.5. The van der Waals surface area contributed by atoms with Crippen LogP contribution < -0.4 is 10.2 Å². The molecule has 1 aliphatic rings. The Morgan fingerprint density at radius 3 is 2.79 bits per heavy atom. The molecule has 1 unspecified atom stereocenters. The molecular weight excluding hydrogens is 354 g/mol. The van der Waals surface area contributed by atoms with Crippen molar-refractivity contribution in [2.45, 2.75) is 58.4 Å². The van der Waals surface area contributed by atoms with Crippen LogP contribution in [0.2, 0.25) is 0 Å². The van der Waals surface area contributed by atoms with Crippen LogP contribution in [0.1, 0.15) is 44.0 Å². The Morgan fingerprint density at radius 1 is 1.29 bits per heavy atom. The summed E-state index contributed by atoms with van der Waals surface area (Å²) in [4.78, 5) is 16.1. The quantitative estimate of drug-likeness (QED) is 0.708. The number of aliphatic hydroxyl groups is 1. The van der Waals surface area contributed by atoms with Gasteiger partial charge in [0.2, 0.25) is 0 Å². The highest BCUT2D eigenvalue weighted by Gasteiger charge is 2.24. The monoisotopic (exact) mass is 385 g/mol. The lowest BCUT2D eigenvalue weighted by Crippen LogP contribution is -2.48. The molecule has 2 aromatic heterocycles. The standard InChI is InChI=1S/C21H31N5O2/c1-21(2,3)25-18(27)12-26(4)20-15-7-6-8-16(15)23-19(24-20)17-11-14(13-28-5)9-10-22-17/h9-11,18,25,27H,6-8,12-13H2,1-5H3. The van der Waals surface area contributed by atoms with Gasteiger partial charge in [-0.25, -0.2) is 9.97 Å². The molecule has 7 nitrogen and oxygen atoms in total. The number of likely N-dealkylation sites (N-methyl/N-ethyl adjacent to an activating group) is 1. The number of pyridine rings is 1. The summed E-state index contributed by atoms with van der Waals surface area (Å²) in [7, 11) is 3.64. The van der Waals surface area contributed by atoms with Crippen LogP contribution in [0.5, 0.6) is 0 Å². The number of aromatic nitrogens is 3. The molecule has 2 N–H and O–H groups in total. The lowest BCUT2D eigenvalue weighted by atomic mass is 10.1. The van der Waals surface area contributed by atoms with Crippen LogP contribution in [0.3, 0.4) is 0 Å². The van der Waals surface area contributed by atoms with Gasteiger partial charge in [-0.3, -0.25) is 10.3 Å². The molecule has 3 rings (SSSR count). The second-order valence-electron chi connectivity index (χ2n) is 8.42. The number of ether oxygens (including phenoxy) is 1. The predicted molar refractivity (Wildman–Crippen MR) is 110 cm³/mol. The Balaban J connectivity index is 1.90. The number of methoxy groups -OCH3 is 1. The van der Waals surface area contributed by atoms with Crippen molar-refractivity contribution >= 4 is 5.82 Å². The van der Waals surface area contributed by atoms with E-state index in [0.29, 0.717) is 19.0 Å². The minimum absolute atomic E-state index is 0.162. The smallest absolute Gasteiger partial charge is 0.180 e. The van der Waals surface area contributed by atoms with Gasteiger partial charge in [0.05, 0.1) is 13.2 Å². The third kappa shape index (κ3) is 5.04. The van der Waals surface area contributed by atoms with E-state index < -0.39 is 6.23 Å². The molecule has 0 aliphatic heterocycles. The van der Waals surface area contributed by atoms with E-state index in [2.05, 4.69) is 10.3 Å². The molecule has 0 saturated heterocycles. The molecule has 0 radical (unpaired) electrons. The second kappa shape index (κ2) is 8.51. The maximum atomic E-state index is 10.4. The summed E-state index contributed by atoms with van der Waals surface area (Å²) in [5.74, 6) is 1.50. The van der Waals surface area contributed by atoms with Crippen LogP contribution in [-0.2, 0) is 24.2 Å². The Hall–Kier alpha value is -2.09. The van der Waals surface area contributed by atoms with Gasteiger partial charge >= 0.3 is 0 Å². The van der Waals surface area contributed by atoms with E-state index in [-0.39, 0.29) is 5.54 Å². The van der Waals surface area contributed by atoms with Gasteiger partial charge in [-0.1, -0.05) is 0 Å². The van der Waals surface area contributed by atoms with E-state index in [1.54, 1.807) is 13.3 Å². The molecule has 2 aromatic rings. The van der Waals surface area contributed by atoms with E-state index in [0.717, 1.165) is 42.0 Å². The zero-order valence-corrected chi connectivity index (χ0v) is 17.5. The number of nitrogens with zero attached hydrogens (tertiary/aromatic N) is 4. The van der Waals surface area contributed by atoms with Gasteiger partial charge in [-0.2, -0.15) is 0 Å². The highest BCUT2D eigenvalue weighted by Crippen LogP contribution is 2.30. The van der Waals surface area contributed by atoms with E-state index in [4.69, 9.17) is 14.7 Å². The number of anilines is 1. The summed E-state index contributed by atoms with van der Waals surface area (Å²) in [6.45, 7) is 7.08. The first-order valence-corrected chi connectivity index (χ1v) is 9.78. The summed E-state index contributed by atoms with van der Waals surface area (Å²) >= 11 is 0. The van der Waals surface area contributed by atoms with Gasteiger partial charge in [0, 0.05) is 37.2 Å². The van der Waals surface area contributed by atoms with Gasteiger partial charge in [-0.05, 0) is 57.7 Å². The fourth-order valence-electron chi connectivity index (χ4n) is 3.59. The van der Waals surface area contributed by atoms with Crippen molar-refractivity contribution in [1.29, 1.82) is 0 Å². The Labute approximate surface area is 167 Å². The van der Waals surface area contributed by atoms with E-state index in [1.165, 1.54) is 5.56 Å². The van der Waals surface area contributed by atoms with Crippen molar-refractivity contribution in [3.8, 4) is 11.5 Å². The van der Waals surface area contributed by atoms with Crippen LogP contribution in [0, 0.1) is 0 Å². The molecule has 0 spiro atoms. The third-order valence-corrected chi connectivity index (χ3v) is 4.68. The number of hydrogen-bond acceptors (Lipinski definition) is 7. The van der Waals surface area contributed by atoms with Gasteiger partial charge in [0.25, 0.3) is 0 Å². The fraction of sp³-hybridized carbons (Fsp3) is 0.571. The van der Waals surface area contributed by atoms with Crippen LogP contribution in [0.15, 0.2) is 18.3 Å². The van der Waals surface area contributed by atoms with E-state index in [9.17, 15) is 5.11 Å². The molecule has 0 aromatic carbocycles. The first-order valence-electron chi connectivity index (χ1n) is 9.78. The van der Waals surface area contributed by atoms with Crippen molar-refractivity contribution < 1.29 is 9.84 Å². The van der Waals surface area contributed by atoms with E-state index >= 15 is 0 Å². The minimum atomic E-state index is -0.649. The molecule has 0 saturated carbocycles. The van der Waals surface area contributed by atoms with Crippen LogP contribution in [0.25, 0.3) is 11.5 Å². The number of hydrogen-bond donors (Lipinski definition) is 2. The number of rotatable bonds is 7. The molecule has 0 bridgehead atoms. The SMILES string of the molecule is COCc1ccnc(-c2nc3c(c(N(C)CC(O)NC(C)(C)C)n2)CCC3)c1. The Kier molecular flexibility index (Phi) is 6.27. The van der Waals surface area contributed by atoms with Crippen LogP contribution in [-0.4, -0.2) is 52.5 Å².